The van der Waals surface area contributed by atoms with Gasteiger partial charge in [-0.2, -0.15) is 0 Å². The highest BCUT2D eigenvalue weighted by molar-refractivity contribution is 6.93. The van der Waals surface area contributed by atoms with Gasteiger partial charge in [0.25, 0.3) is 0 Å². The third-order valence-corrected chi connectivity index (χ3v) is 31.5. The molecule has 0 aromatic carbocycles. The summed E-state index contributed by atoms with van der Waals surface area (Å²) in [7, 11) is -13.6. The molecule has 5 rings (SSSR count). The SMILES string of the molecule is CC(=O)N1C(=O)CC(CCC[Si]2(C)O[Si](C)(CCCC3CC(=O)N(C(C)=O)C3=O)O[Si](C)(CCCC3CC(=O)N(C(C)=O)C3=O)O[Si](C)(CCCC3CC(=O)N(C(C)=O)C3=O)O2)C1=O. The van der Waals surface area contributed by atoms with Crippen LogP contribution in [0, 0.1) is 23.7 Å². The summed E-state index contributed by atoms with van der Waals surface area (Å²) in [6.07, 6.45) is 2.19. The molecule has 0 N–H and O–H groups in total. The van der Waals surface area contributed by atoms with Crippen LogP contribution in [0.5, 0.6) is 0 Å². The predicted octanol–water partition coefficient (Wildman–Crippen LogP) is 3.16. The molecular formula is C40H60N4O16Si4. The van der Waals surface area contributed by atoms with E-state index in [-0.39, 0.29) is 51.4 Å². The summed E-state index contributed by atoms with van der Waals surface area (Å²) >= 11 is 0. The van der Waals surface area contributed by atoms with Crippen LogP contribution in [-0.2, 0) is 74.0 Å². The fourth-order valence-electron chi connectivity index (χ4n) is 10.0. The number of imide groups is 12. The van der Waals surface area contributed by atoms with Gasteiger partial charge >= 0.3 is 34.2 Å². The molecule has 0 aromatic heterocycles. The van der Waals surface area contributed by atoms with Gasteiger partial charge in [-0.25, -0.2) is 19.6 Å². The van der Waals surface area contributed by atoms with E-state index >= 15 is 0 Å². The zero-order valence-corrected chi connectivity index (χ0v) is 41.9. The van der Waals surface area contributed by atoms with Crippen molar-refractivity contribution >= 4 is 105 Å². The van der Waals surface area contributed by atoms with Gasteiger partial charge in [0.2, 0.25) is 70.9 Å². The van der Waals surface area contributed by atoms with E-state index in [9.17, 15) is 57.5 Å². The molecule has 5 fully saturated rings. The van der Waals surface area contributed by atoms with Gasteiger partial charge in [0.1, 0.15) is 0 Å². The van der Waals surface area contributed by atoms with E-state index < -0.39 is 129 Å². The van der Waals surface area contributed by atoms with Crippen LogP contribution in [0.15, 0.2) is 0 Å². The first kappa shape index (κ1) is 50.9. The van der Waals surface area contributed by atoms with Gasteiger partial charge in [-0.3, -0.25) is 57.5 Å². The Balaban J connectivity index is 1.41. The monoisotopic (exact) mass is 964 g/mol. The summed E-state index contributed by atoms with van der Waals surface area (Å²) in [5.41, 5.74) is 0. The molecule has 5 saturated heterocycles. The van der Waals surface area contributed by atoms with Gasteiger partial charge in [-0.15, -0.1) is 0 Å². The quantitative estimate of drug-likeness (QED) is 0.159. The fraction of sp³-hybridized carbons (Fsp3) is 0.700. The molecule has 5 aliphatic heterocycles. The van der Waals surface area contributed by atoms with Crippen molar-refractivity contribution in [1.29, 1.82) is 0 Å². The van der Waals surface area contributed by atoms with Crippen molar-refractivity contribution in [2.45, 2.75) is 155 Å². The van der Waals surface area contributed by atoms with Crippen molar-refractivity contribution in [3.05, 3.63) is 0 Å². The fourth-order valence-corrected chi connectivity index (χ4v) is 33.4. The number of hydrogen-bond donors (Lipinski definition) is 0. The van der Waals surface area contributed by atoms with E-state index in [1.807, 2.05) is 26.2 Å². The molecule has 352 valence electrons. The maximum absolute atomic E-state index is 13.0. The highest BCUT2D eigenvalue weighted by atomic mass is 28.5. The number of carbonyl (C=O) groups excluding carboxylic acids is 12. The maximum Gasteiger partial charge on any atom is 0.317 e. The number of hydrogen-bond acceptors (Lipinski definition) is 16. The molecule has 20 nitrogen and oxygen atoms in total. The zero-order valence-electron chi connectivity index (χ0n) is 37.9. The molecule has 24 heteroatoms. The Morgan fingerprint density at radius 3 is 0.703 bits per heavy atom. The van der Waals surface area contributed by atoms with Crippen molar-refractivity contribution in [3.63, 3.8) is 0 Å². The first-order valence-electron chi connectivity index (χ1n) is 22.0. The smallest absolute Gasteiger partial charge is 0.317 e. The van der Waals surface area contributed by atoms with E-state index in [1.165, 1.54) is 0 Å². The Morgan fingerprint density at radius 1 is 0.391 bits per heavy atom. The van der Waals surface area contributed by atoms with Crippen molar-refractivity contribution < 1.29 is 74.0 Å². The van der Waals surface area contributed by atoms with Crippen molar-refractivity contribution in [1.82, 2.24) is 19.6 Å². The molecule has 0 radical (unpaired) electrons. The molecule has 0 spiro atoms. The third-order valence-electron chi connectivity index (χ3n) is 12.7. The standard InChI is InChI=1S/C40H60N4O16Si4/c1-25(45)41-33(49)21-29(37(41)53)13-9-17-61(5)57-62(6,18-10-14-30-22-34(50)42(26(2)46)38(30)54)59-64(8,20-12-16-32-24-36(52)44(28(4)48)40(32)56)60-63(7,58-61)19-11-15-31-23-35(51)43(27(3)47)39(31)55/h29-32H,9-24H2,1-8H3. The van der Waals surface area contributed by atoms with Crippen LogP contribution >= 0.6 is 0 Å². The van der Waals surface area contributed by atoms with Crippen LogP contribution in [0.25, 0.3) is 0 Å². The number of rotatable bonds is 16. The highest BCUT2D eigenvalue weighted by Crippen LogP contribution is 2.41. The molecule has 5 heterocycles. The van der Waals surface area contributed by atoms with Gasteiger partial charge in [0, 0.05) is 77.0 Å². The summed E-state index contributed by atoms with van der Waals surface area (Å²) in [5, 5.41) is 0. The van der Waals surface area contributed by atoms with Gasteiger partial charge in [0.05, 0.1) is 0 Å². The Kier molecular flexibility index (Phi) is 15.8. The van der Waals surface area contributed by atoms with E-state index in [0.29, 0.717) is 69.5 Å². The minimum atomic E-state index is -3.40. The van der Waals surface area contributed by atoms with Crippen LogP contribution < -0.4 is 0 Å². The van der Waals surface area contributed by atoms with Gasteiger partial charge in [0.15, 0.2) is 0 Å². The van der Waals surface area contributed by atoms with Crippen molar-refractivity contribution in [2.24, 2.45) is 23.7 Å². The molecule has 64 heavy (non-hydrogen) atoms. The Hall–Kier alpha value is -4.05. The lowest BCUT2D eigenvalue weighted by Gasteiger charge is -2.50. The number of carbonyl (C=O) groups is 12. The first-order valence-corrected chi connectivity index (χ1v) is 32.1. The molecule has 0 bridgehead atoms. The minimum absolute atomic E-state index is 0.103. The van der Waals surface area contributed by atoms with E-state index in [1.54, 1.807) is 0 Å². The number of nitrogens with zero attached hydrogens (tertiary/aromatic N) is 4. The van der Waals surface area contributed by atoms with E-state index in [0.717, 1.165) is 27.7 Å². The summed E-state index contributed by atoms with van der Waals surface area (Å²) in [4.78, 5) is 153. The summed E-state index contributed by atoms with van der Waals surface area (Å²) < 4.78 is 28.8. The Morgan fingerprint density at radius 2 is 0.562 bits per heavy atom. The van der Waals surface area contributed by atoms with Crippen LogP contribution in [0.4, 0.5) is 0 Å². The molecule has 4 atom stereocenters. The van der Waals surface area contributed by atoms with Gasteiger partial charge in [-0.05, 0) is 76.0 Å². The average Bonchev–Trinajstić information content (AvgIpc) is 3.80. The lowest BCUT2D eigenvalue weighted by Crippen LogP contribution is -2.67. The van der Waals surface area contributed by atoms with Crippen LogP contribution in [0.3, 0.4) is 0 Å². The van der Waals surface area contributed by atoms with E-state index in [4.69, 9.17) is 16.5 Å². The molecule has 5 aliphatic rings. The van der Waals surface area contributed by atoms with Gasteiger partial charge in [-0.1, -0.05) is 25.7 Å². The van der Waals surface area contributed by atoms with Crippen molar-refractivity contribution in [2.75, 3.05) is 0 Å². The predicted molar refractivity (Wildman–Crippen MR) is 230 cm³/mol. The number of likely N-dealkylation sites (tertiary alicyclic amines) is 4. The Labute approximate surface area is 376 Å². The third kappa shape index (κ3) is 11.5. The van der Waals surface area contributed by atoms with E-state index in [2.05, 4.69) is 0 Å². The normalized spacial score (nSPS) is 32.6. The van der Waals surface area contributed by atoms with Crippen LogP contribution in [0.1, 0.15) is 105 Å². The Bertz CT molecular complexity index is 1740. The summed E-state index contributed by atoms with van der Waals surface area (Å²) in [6, 6.07) is 1.33. The zero-order chi connectivity index (χ0) is 47.7. The molecular weight excluding hydrogens is 905 g/mol. The second-order valence-corrected chi connectivity index (χ2v) is 32.8. The molecule has 0 aromatic rings. The first-order chi connectivity index (χ1) is 29.7. The minimum Gasteiger partial charge on any atom is -0.416 e. The average molecular weight is 965 g/mol. The topological polar surface area (TPSA) is 255 Å². The maximum atomic E-state index is 13.0. The second-order valence-electron chi connectivity index (χ2n) is 18.5. The van der Waals surface area contributed by atoms with Crippen molar-refractivity contribution in [3.8, 4) is 0 Å². The molecule has 0 aliphatic carbocycles. The molecule has 0 saturated carbocycles. The van der Waals surface area contributed by atoms with Crippen LogP contribution in [-0.4, -0.2) is 125 Å². The van der Waals surface area contributed by atoms with Crippen LogP contribution in [0.2, 0.25) is 50.4 Å². The summed E-state index contributed by atoms with van der Waals surface area (Å²) in [5.74, 6) is -9.85. The lowest BCUT2D eigenvalue weighted by atomic mass is 10.0. The molecule has 4 unspecified atom stereocenters. The second kappa shape index (κ2) is 19.8. The largest absolute Gasteiger partial charge is 0.416 e. The van der Waals surface area contributed by atoms with Gasteiger partial charge < -0.3 is 16.5 Å². The number of amides is 12. The highest BCUT2D eigenvalue weighted by Gasteiger charge is 2.57. The summed E-state index contributed by atoms with van der Waals surface area (Å²) in [6.45, 7) is 12.1. The lowest BCUT2D eigenvalue weighted by molar-refractivity contribution is -0.151. The molecule has 12 amide bonds.